The summed E-state index contributed by atoms with van der Waals surface area (Å²) in [6.07, 6.45) is 0. The molecule has 2 aromatic rings. The molecule has 0 amide bonds. The van der Waals surface area contributed by atoms with E-state index in [1.54, 1.807) is 0 Å². The molecule has 1 aromatic heterocycles. The number of fused-ring (bicyclic) bond motifs is 1. The lowest BCUT2D eigenvalue weighted by molar-refractivity contribution is 0.726. The van der Waals surface area contributed by atoms with E-state index >= 15 is 0 Å². The van der Waals surface area contributed by atoms with Crippen molar-refractivity contribution < 1.29 is 0 Å². The summed E-state index contributed by atoms with van der Waals surface area (Å²) in [5.41, 5.74) is 9.57. The second-order valence-electron chi connectivity index (χ2n) is 3.11. The fourth-order valence-corrected chi connectivity index (χ4v) is 1.65. The van der Waals surface area contributed by atoms with Gasteiger partial charge in [-0.2, -0.15) is 5.53 Å². The van der Waals surface area contributed by atoms with Crippen LogP contribution in [0, 0.1) is 5.53 Å². The Hall–Kier alpha value is -1.91. The van der Waals surface area contributed by atoms with Crippen LogP contribution in [0.25, 0.3) is 11.0 Å². The Kier molecular flexibility index (Phi) is 1.92. The zero-order valence-corrected chi connectivity index (χ0v) is 8.10. The van der Waals surface area contributed by atoms with Gasteiger partial charge in [0.1, 0.15) is 0 Å². The fourth-order valence-electron chi connectivity index (χ4n) is 1.65. The summed E-state index contributed by atoms with van der Waals surface area (Å²) in [5.74, 6) is 0. The molecule has 72 valence electrons. The second kappa shape index (κ2) is 3.10. The van der Waals surface area contributed by atoms with Crippen molar-refractivity contribution in [3.8, 4) is 0 Å². The lowest BCUT2D eigenvalue weighted by Crippen LogP contribution is -2.21. The van der Waals surface area contributed by atoms with Gasteiger partial charge < -0.3 is 9.13 Å². The molecule has 0 radical (unpaired) electrons. The van der Waals surface area contributed by atoms with Gasteiger partial charge in [-0.15, -0.1) is 0 Å². The minimum atomic E-state index is 0.668. The van der Waals surface area contributed by atoms with Crippen LogP contribution < -0.4 is 5.62 Å². The first-order valence-corrected chi connectivity index (χ1v) is 4.26. The zero-order valence-electron chi connectivity index (χ0n) is 8.10. The van der Waals surface area contributed by atoms with Crippen LogP contribution in [0.5, 0.6) is 0 Å². The monoisotopic (exact) mass is 189 g/mol. The highest BCUT2D eigenvalue weighted by molar-refractivity contribution is 5.75. The highest BCUT2D eigenvalue weighted by Gasteiger charge is 2.03. The van der Waals surface area contributed by atoms with Gasteiger partial charge in [0.2, 0.25) is 5.62 Å². The maximum absolute atomic E-state index is 6.74. The van der Waals surface area contributed by atoms with Crippen molar-refractivity contribution in [1.29, 1.82) is 5.53 Å². The molecule has 0 atom stereocenters. The molecular weight excluding hydrogens is 178 g/mol. The third kappa shape index (κ3) is 1.06. The summed E-state index contributed by atoms with van der Waals surface area (Å²) >= 11 is 0. The summed E-state index contributed by atoms with van der Waals surface area (Å²) < 4.78 is 3.82. The first-order chi connectivity index (χ1) is 6.75. The summed E-state index contributed by atoms with van der Waals surface area (Å²) in [7, 11) is 3.82. The molecule has 1 aromatic carbocycles. The van der Waals surface area contributed by atoms with Crippen LogP contribution in [-0.4, -0.2) is 9.13 Å². The Balaban J connectivity index is 3.00. The summed E-state index contributed by atoms with van der Waals surface area (Å²) in [6, 6.07) is 7.98. The Bertz CT molecular complexity index is 504. The molecule has 1 N–H and O–H groups in total. The topological polar surface area (TPSA) is 58.4 Å². The number of hydrogen-bond donors (Lipinski definition) is 1. The molecule has 0 fully saturated rings. The van der Waals surface area contributed by atoms with Crippen molar-refractivity contribution in [1.82, 2.24) is 9.13 Å². The van der Waals surface area contributed by atoms with Crippen LogP contribution in [0.15, 0.2) is 34.6 Å². The number of imidazole rings is 1. The van der Waals surface area contributed by atoms with E-state index in [-0.39, 0.29) is 0 Å². The van der Waals surface area contributed by atoms with E-state index < -0.39 is 0 Å². The second-order valence-corrected chi connectivity index (χ2v) is 3.11. The van der Waals surface area contributed by atoms with E-state index in [4.69, 9.17) is 5.53 Å². The van der Waals surface area contributed by atoms with Crippen LogP contribution in [0.2, 0.25) is 0 Å². The van der Waals surface area contributed by atoms with Gasteiger partial charge in [0, 0.05) is 14.1 Å². The molecule has 0 spiro atoms. The average Bonchev–Trinajstić information content (AvgIpc) is 2.45. The molecule has 0 aliphatic carbocycles. The normalized spacial score (nSPS) is 10.4. The Morgan fingerprint density at radius 1 is 1.07 bits per heavy atom. The quantitative estimate of drug-likeness (QED) is 0.520. The number of benzene rings is 1. The smallest absolute Gasteiger partial charge is 0.232 e. The molecule has 0 saturated heterocycles. The summed E-state index contributed by atoms with van der Waals surface area (Å²) in [4.78, 5) is 0. The summed E-state index contributed by atoms with van der Waals surface area (Å²) in [5, 5.41) is 6.82. The first-order valence-electron chi connectivity index (χ1n) is 4.26. The van der Waals surface area contributed by atoms with Crippen LogP contribution in [0.4, 0.5) is 0 Å². The Labute approximate surface area is 80.8 Å². The third-order valence-corrected chi connectivity index (χ3v) is 2.34. The molecule has 14 heavy (non-hydrogen) atoms. The van der Waals surface area contributed by atoms with Gasteiger partial charge in [-0.25, -0.2) is 0 Å². The largest absolute Gasteiger partial charge is 0.312 e. The van der Waals surface area contributed by atoms with Gasteiger partial charge in [-0.1, -0.05) is 17.2 Å². The number of nitrogens with zero attached hydrogens (tertiary/aromatic N) is 4. The number of nitrogens with one attached hydrogen (secondary N) is 1. The molecule has 5 nitrogen and oxygen atoms in total. The SMILES string of the molecule is Cn1c(=NN=N)n(C)c2ccccc21. The Morgan fingerprint density at radius 2 is 1.57 bits per heavy atom. The van der Waals surface area contributed by atoms with Crippen molar-refractivity contribution in [3.05, 3.63) is 29.9 Å². The highest BCUT2D eigenvalue weighted by atomic mass is 15.4. The third-order valence-electron chi connectivity index (χ3n) is 2.34. The minimum Gasteiger partial charge on any atom is -0.312 e. The number of aromatic nitrogens is 2. The number of para-hydroxylation sites is 2. The van der Waals surface area contributed by atoms with Crippen molar-refractivity contribution >= 4 is 11.0 Å². The molecule has 0 aliphatic rings. The van der Waals surface area contributed by atoms with E-state index in [1.807, 2.05) is 47.5 Å². The van der Waals surface area contributed by atoms with Gasteiger partial charge in [0.15, 0.2) is 0 Å². The van der Waals surface area contributed by atoms with E-state index in [1.165, 1.54) is 0 Å². The number of hydrogen-bond acceptors (Lipinski definition) is 2. The van der Waals surface area contributed by atoms with E-state index in [9.17, 15) is 0 Å². The van der Waals surface area contributed by atoms with Crippen molar-refractivity contribution in [2.75, 3.05) is 0 Å². The highest BCUT2D eigenvalue weighted by Crippen LogP contribution is 2.09. The van der Waals surface area contributed by atoms with Gasteiger partial charge in [-0.05, 0) is 17.4 Å². The van der Waals surface area contributed by atoms with E-state index in [2.05, 4.69) is 10.3 Å². The molecular formula is C9H11N5. The fraction of sp³-hybridized carbons (Fsp3) is 0.222. The maximum atomic E-state index is 6.74. The Morgan fingerprint density at radius 3 is 2.00 bits per heavy atom. The first kappa shape index (κ1) is 8.68. The lowest BCUT2D eigenvalue weighted by atomic mass is 10.3. The van der Waals surface area contributed by atoms with Crippen molar-refractivity contribution in [2.24, 2.45) is 24.4 Å². The van der Waals surface area contributed by atoms with Crippen LogP contribution in [0.1, 0.15) is 0 Å². The molecule has 0 unspecified atom stereocenters. The van der Waals surface area contributed by atoms with E-state index in [0.717, 1.165) is 11.0 Å². The molecule has 0 aliphatic heterocycles. The van der Waals surface area contributed by atoms with Crippen LogP contribution in [0.3, 0.4) is 0 Å². The van der Waals surface area contributed by atoms with Gasteiger partial charge in [0.05, 0.1) is 11.0 Å². The number of rotatable bonds is 1. The molecule has 0 saturated carbocycles. The predicted octanol–water partition coefficient (Wildman–Crippen LogP) is 1.36. The van der Waals surface area contributed by atoms with E-state index in [0.29, 0.717) is 5.62 Å². The van der Waals surface area contributed by atoms with Gasteiger partial charge >= 0.3 is 0 Å². The zero-order chi connectivity index (χ0) is 10.1. The minimum absolute atomic E-state index is 0.668. The molecule has 5 heteroatoms. The van der Waals surface area contributed by atoms with Crippen molar-refractivity contribution in [3.63, 3.8) is 0 Å². The lowest BCUT2D eigenvalue weighted by Gasteiger charge is -1.91. The molecule has 1 heterocycles. The summed E-state index contributed by atoms with van der Waals surface area (Å²) in [6.45, 7) is 0. The molecule has 2 rings (SSSR count). The van der Waals surface area contributed by atoms with Gasteiger partial charge in [-0.3, -0.25) is 0 Å². The van der Waals surface area contributed by atoms with Crippen LogP contribution in [-0.2, 0) is 14.1 Å². The number of aryl methyl sites for hydroxylation is 2. The maximum Gasteiger partial charge on any atom is 0.232 e. The molecule has 0 bridgehead atoms. The average molecular weight is 189 g/mol. The van der Waals surface area contributed by atoms with Crippen molar-refractivity contribution in [2.45, 2.75) is 0 Å². The van der Waals surface area contributed by atoms with Crippen LogP contribution >= 0.6 is 0 Å². The van der Waals surface area contributed by atoms with Gasteiger partial charge in [0.25, 0.3) is 0 Å². The predicted molar refractivity (Wildman–Crippen MR) is 52.6 cm³/mol. The standard InChI is InChI=1S/C9H11N5/c1-13-7-5-3-4-6-8(7)14(2)9(13)11-12-10/h3-6,10H,1-2H3.